The molecule has 34 heavy (non-hydrogen) atoms. The van der Waals surface area contributed by atoms with Gasteiger partial charge in [0.05, 0.1) is 25.8 Å². The van der Waals surface area contributed by atoms with E-state index in [4.69, 9.17) is 18.9 Å². The lowest BCUT2D eigenvalue weighted by atomic mass is 9.88. The monoisotopic (exact) mass is 465 g/mol. The molecule has 0 aliphatic carbocycles. The fourth-order valence-corrected chi connectivity index (χ4v) is 4.65. The number of urea groups is 1. The Morgan fingerprint density at radius 2 is 1.82 bits per heavy atom. The molecule has 0 saturated carbocycles. The van der Waals surface area contributed by atoms with E-state index in [9.17, 15) is 9.59 Å². The summed E-state index contributed by atoms with van der Waals surface area (Å²) in [5.41, 5.74) is 2.68. The molecule has 5 rings (SSSR count). The Kier molecular flexibility index (Phi) is 5.69. The summed E-state index contributed by atoms with van der Waals surface area (Å²) >= 11 is 0. The number of nitrogens with one attached hydrogen (secondary N) is 2. The van der Waals surface area contributed by atoms with E-state index >= 15 is 0 Å². The first-order chi connectivity index (χ1) is 16.5. The highest BCUT2D eigenvalue weighted by Gasteiger charge is 2.35. The summed E-state index contributed by atoms with van der Waals surface area (Å²) in [7, 11) is 3.16. The van der Waals surface area contributed by atoms with Crippen molar-refractivity contribution < 1.29 is 23.7 Å². The van der Waals surface area contributed by atoms with Crippen LogP contribution in [0.5, 0.6) is 23.0 Å². The molecule has 0 radical (unpaired) electrons. The van der Waals surface area contributed by atoms with Crippen LogP contribution in [0.1, 0.15) is 36.1 Å². The second-order valence-electron chi connectivity index (χ2n) is 8.33. The Morgan fingerprint density at radius 3 is 2.56 bits per heavy atom. The molecule has 2 aliphatic heterocycles. The number of aromatic nitrogens is 1. The van der Waals surface area contributed by atoms with E-state index in [1.54, 1.807) is 25.2 Å². The van der Waals surface area contributed by atoms with Crippen molar-refractivity contribution in [3.8, 4) is 23.0 Å². The second-order valence-corrected chi connectivity index (χ2v) is 8.33. The number of ether oxygens (including phenoxy) is 4. The van der Waals surface area contributed by atoms with E-state index in [-0.39, 0.29) is 18.4 Å². The van der Waals surface area contributed by atoms with E-state index in [0.717, 1.165) is 22.9 Å². The number of fused-ring (bicyclic) bond motifs is 3. The van der Waals surface area contributed by atoms with Gasteiger partial charge in [-0.05, 0) is 48.2 Å². The first-order valence-corrected chi connectivity index (χ1v) is 11.3. The van der Waals surface area contributed by atoms with Gasteiger partial charge in [-0.3, -0.25) is 4.79 Å². The van der Waals surface area contributed by atoms with Gasteiger partial charge in [0, 0.05) is 30.1 Å². The third-order valence-electron chi connectivity index (χ3n) is 6.32. The SMILES string of the molecule is CCCNC(=O)N1CCc2cc(OC)c(OC)cc2[C@H]1c1cc2cc3c(cc2[nH]c1=O)OCO3. The van der Waals surface area contributed by atoms with Crippen LogP contribution in [0.2, 0.25) is 0 Å². The molecule has 178 valence electrons. The molecule has 0 saturated heterocycles. The van der Waals surface area contributed by atoms with E-state index in [1.165, 1.54) is 0 Å². The molecular weight excluding hydrogens is 438 g/mol. The van der Waals surface area contributed by atoms with E-state index in [1.807, 2.05) is 31.2 Å². The normalized spacial score (nSPS) is 16.3. The molecule has 9 heteroatoms. The average molecular weight is 466 g/mol. The Labute approximate surface area is 196 Å². The van der Waals surface area contributed by atoms with Gasteiger partial charge in [-0.15, -0.1) is 0 Å². The molecule has 0 spiro atoms. The van der Waals surface area contributed by atoms with Crippen LogP contribution >= 0.6 is 0 Å². The molecule has 9 nitrogen and oxygen atoms in total. The number of aromatic amines is 1. The predicted molar refractivity (Wildman–Crippen MR) is 126 cm³/mol. The van der Waals surface area contributed by atoms with Gasteiger partial charge in [-0.1, -0.05) is 6.92 Å². The third-order valence-corrected chi connectivity index (χ3v) is 6.32. The topological polar surface area (TPSA) is 102 Å². The van der Waals surface area contributed by atoms with Gasteiger partial charge < -0.3 is 34.1 Å². The predicted octanol–water partition coefficient (Wildman–Crippen LogP) is 3.34. The first kappa shape index (κ1) is 21.9. The summed E-state index contributed by atoms with van der Waals surface area (Å²) in [5, 5.41) is 3.75. The summed E-state index contributed by atoms with van der Waals surface area (Å²) in [6, 6.07) is 8.41. The minimum Gasteiger partial charge on any atom is -0.493 e. The standard InChI is InChI=1S/C25H27N3O6/c1-4-6-26-25(30)28-7-5-14-9-19(31-2)20(32-3)11-16(14)23(28)17-8-15-10-21-22(34-13-33-21)12-18(15)27-24(17)29/h8-12,23H,4-7,13H2,1-3H3,(H,26,30)(H,27,29)/t23-/m0/s1. The van der Waals surface area contributed by atoms with Crippen LogP contribution in [0.4, 0.5) is 4.79 Å². The molecule has 0 unspecified atom stereocenters. The van der Waals surface area contributed by atoms with Crippen LogP contribution in [0.15, 0.2) is 35.1 Å². The van der Waals surface area contributed by atoms with Crippen molar-refractivity contribution in [3.05, 3.63) is 57.4 Å². The zero-order valence-electron chi connectivity index (χ0n) is 19.4. The molecule has 2 aromatic carbocycles. The van der Waals surface area contributed by atoms with Gasteiger partial charge >= 0.3 is 6.03 Å². The molecule has 1 atom stereocenters. The van der Waals surface area contributed by atoms with Crippen LogP contribution in [-0.4, -0.2) is 50.0 Å². The van der Waals surface area contributed by atoms with Crippen LogP contribution in [-0.2, 0) is 6.42 Å². The molecular formula is C25H27N3O6. The Balaban J connectivity index is 1.69. The van der Waals surface area contributed by atoms with Crippen molar-refractivity contribution in [2.75, 3.05) is 34.1 Å². The fourth-order valence-electron chi connectivity index (χ4n) is 4.65. The number of hydrogen-bond donors (Lipinski definition) is 2. The Hall–Kier alpha value is -3.88. The second kappa shape index (κ2) is 8.81. The third kappa shape index (κ3) is 3.67. The number of rotatable bonds is 5. The summed E-state index contributed by atoms with van der Waals surface area (Å²) in [4.78, 5) is 31.2. The number of methoxy groups -OCH3 is 2. The zero-order valence-corrected chi connectivity index (χ0v) is 19.4. The highest BCUT2D eigenvalue weighted by molar-refractivity contribution is 5.84. The summed E-state index contributed by atoms with van der Waals surface area (Å²) in [6.45, 7) is 3.16. The minimum absolute atomic E-state index is 0.145. The van der Waals surface area contributed by atoms with E-state index < -0.39 is 6.04 Å². The molecule has 2 N–H and O–H groups in total. The quantitative estimate of drug-likeness (QED) is 0.599. The largest absolute Gasteiger partial charge is 0.493 e. The molecule has 3 heterocycles. The number of benzene rings is 2. The van der Waals surface area contributed by atoms with Gasteiger partial charge in [0.25, 0.3) is 5.56 Å². The van der Waals surface area contributed by atoms with Crippen LogP contribution in [0.3, 0.4) is 0 Å². The lowest BCUT2D eigenvalue weighted by molar-refractivity contribution is 0.174. The number of H-pyrrole nitrogens is 1. The number of pyridine rings is 1. The number of amides is 2. The highest BCUT2D eigenvalue weighted by Crippen LogP contribution is 2.41. The molecule has 2 amide bonds. The number of hydrogen-bond acceptors (Lipinski definition) is 6. The van der Waals surface area contributed by atoms with Crippen molar-refractivity contribution in [3.63, 3.8) is 0 Å². The van der Waals surface area contributed by atoms with E-state index in [0.29, 0.717) is 53.6 Å². The maximum Gasteiger partial charge on any atom is 0.318 e. The number of carbonyl (C=O) groups excluding carboxylic acids is 1. The van der Waals surface area contributed by atoms with Crippen molar-refractivity contribution in [2.45, 2.75) is 25.8 Å². The number of nitrogens with zero attached hydrogens (tertiary/aromatic N) is 1. The van der Waals surface area contributed by atoms with E-state index in [2.05, 4.69) is 10.3 Å². The molecule has 0 bridgehead atoms. The average Bonchev–Trinajstić information content (AvgIpc) is 3.31. The van der Waals surface area contributed by atoms with Crippen molar-refractivity contribution in [1.29, 1.82) is 0 Å². The lowest BCUT2D eigenvalue weighted by Crippen LogP contribution is -2.47. The molecule has 0 fully saturated rings. The highest BCUT2D eigenvalue weighted by atomic mass is 16.7. The van der Waals surface area contributed by atoms with Gasteiger partial charge in [-0.25, -0.2) is 4.79 Å². The maximum absolute atomic E-state index is 13.4. The van der Waals surface area contributed by atoms with Gasteiger partial charge in [0.15, 0.2) is 23.0 Å². The minimum atomic E-state index is -0.598. The molecule has 3 aromatic rings. The molecule has 2 aliphatic rings. The van der Waals surface area contributed by atoms with Crippen molar-refractivity contribution in [2.24, 2.45) is 0 Å². The van der Waals surface area contributed by atoms with Gasteiger partial charge in [0.1, 0.15) is 0 Å². The van der Waals surface area contributed by atoms with Gasteiger partial charge in [-0.2, -0.15) is 0 Å². The van der Waals surface area contributed by atoms with Crippen LogP contribution in [0.25, 0.3) is 10.9 Å². The fraction of sp³-hybridized carbons (Fsp3) is 0.360. The van der Waals surface area contributed by atoms with Crippen molar-refractivity contribution >= 4 is 16.9 Å². The summed E-state index contributed by atoms with van der Waals surface area (Å²) < 4.78 is 22.0. The smallest absolute Gasteiger partial charge is 0.318 e. The molecule has 1 aromatic heterocycles. The summed E-state index contributed by atoms with van der Waals surface area (Å²) in [5.74, 6) is 2.38. The Morgan fingerprint density at radius 1 is 1.09 bits per heavy atom. The van der Waals surface area contributed by atoms with Crippen LogP contribution < -0.4 is 29.8 Å². The number of carbonyl (C=O) groups is 1. The first-order valence-electron chi connectivity index (χ1n) is 11.3. The van der Waals surface area contributed by atoms with Crippen LogP contribution in [0, 0.1) is 0 Å². The summed E-state index contributed by atoms with van der Waals surface area (Å²) in [6.07, 6.45) is 1.45. The van der Waals surface area contributed by atoms with Gasteiger partial charge in [0.2, 0.25) is 6.79 Å². The zero-order chi connectivity index (χ0) is 23.8. The Bertz CT molecular complexity index is 1320. The maximum atomic E-state index is 13.4. The van der Waals surface area contributed by atoms with Crippen molar-refractivity contribution in [1.82, 2.24) is 15.2 Å². The lowest BCUT2D eigenvalue weighted by Gasteiger charge is -2.37.